The smallest absolute Gasteiger partial charge is 0.122 e. The van der Waals surface area contributed by atoms with E-state index in [0.717, 1.165) is 37.5 Å². The number of hydrogen-bond donors (Lipinski definition) is 0. The fraction of sp³-hybridized carbons (Fsp3) is 0.600. The van der Waals surface area contributed by atoms with Crippen molar-refractivity contribution in [2.45, 2.75) is 44.9 Å². The van der Waals surface area contributed by atoms with Crippen LogP contribution in [0.15, 0.2) is 18.2 Å². The molecule has 2 rings (SSSR count). The Balaban J connectivity index is 2.05. The fourth-order valence-corrected chi connectivity index (χ4v) is 2.48. The summed E-state index contributed by atoms with van der Waals surface area (Å²) in [6.07, 6.45) is 4.48. The van der Waals surface area contributed by atoms with Crippen LogP contribution >= 0.6 is 11.6 Å². The van der Waals surface area contributed by atoms with Gasteiger partial charge < -0.3 is 4.74 Å². The van der Waals surface area contributed by atoms with Crippen LogP contribution in [0.5, 0.6) is 5.75 Å². The monoisotopic (exact) mass is 252 g/mol. The lowest BCUT2D eigenvalue weighted by molar-refractivity contribution is 0.288. The van der Waals surface area contributed by atoms with E-state index in [0.29, 0.717) is 0 Å². The summed E-state index contributed by atoms with van der Waals surface area (Å²) in [5, 5.41) is 0.143. The summed E-state index contributed by atoms with van der Waals surface area (Å²) in [6, 6.07) is 6.42. The molecule has 2 heteroatoms. The van der Waals surface area contributed by atoms with Crippen molar-refractivity contribution in [3.05, 3.63) is 29.3 Å². The molecular formula is C15H21ClO. The zero-order valence-corrected chi connectivity index (χ0v) is 11.5. The summed E-state index contributed by atoms with van der Waals surface area (Å²) >= 11 is 6.45. The Morgan fingerprint density at radius 1 is 1.29 bits per heavy atom. The number of alkyl halides is 1. The largest absolute Gasteiger partial charge is 0.493 e. The number of benzene rings is 1. The fourth-order valence-electron chi connectivity index (χ4n) is 2.22. The number of rotatable bonds is 4. The highest BCUT2D eigenvalue weighted by Gasteiger charge is 2.14. The summed E-state index contributed by atoms with van der Waals surface area (Å²) in [5.41, 5.74) is 2.57. The van der Waals surface area contributed by atoms with Gasteiger partial charge >= 0.3 is 0 Å². The minimum atomic E-state index is 0.143. The average molecular weight is 253 g/mol. The number of ether oxygens (including phenoxy) is 1. The summed E-state index contributed by atoms with van der Waals surface area (Å²) < 4.78 is 5.61. The Kier molecular flexibility index (Phi) is 4.33. The number of fused-ring (bicyclic) bond motifs is 1. The second kappa shape index (κ2) is 5.77. The zero-order valence-electron chi connectivity index (χ0n) is 10.7. The average Bonchev–Trinajstić information content (AvgIpc) is 2.35. The first-order valence-electron chi connectivity index (χ1n) is 6.56. The van der Waals surface area contributed by atoms with Crippen molar-refractivity contribution in [3.63, 3.8) is 0 Å². The molecule has 0 N–H and O–H groups in total. The van der Waals surface area contributed by atoms with Gasteiger partial charge in [0.1, 0.15) is 5.75 Å². The Bertz CT molecular complexity index is 373. The van der Waals surface area contributed by atoms with E-state index in [-0.39, 0.29) is 5.38 Å². The Morgan fingerprint density at radius 3 is 2.88 bits per heavy atom. The molecule has 94 valence electrons. The van der Waals surface area contributed by atoms with Gasteiger partial charge in [-0.3, -0.25) is 0 Å². The van der Waals surface area contributed by atoms with E-state index in [1.165, 1.54) is 17.5 Å². The minimum absolute atomic E-state index is 0.143. The van der Waals surface area contributed by atoms with Crippen LogP contribution in [-0.4, -0.2) is 6.61 Å². The van der Waals surface area contributed by atoms with Crippen molar-refractivity contribution in [2.75, 3.05) is 6.61 Å². The SMILES string of the molecule is CC(C)CCC(Cl)c1ccc2c(c1)CCCO2. The van der Waals surface area contributed by atoms with E-state index >= 15 is 0 Å². The van der Waals surface area contributed by atoms with Crippen LogP contribution in [0.2, 0.25) is 0 Å². The van der Waals surface area contributed by atoms with Crippen LogP contribution in [-0.2, 0) is 6.42 Å². The molecule has 0 aromatic heterocycles. The first kappa shape index (κ1) is 12.8. The lowest BCUT2D eigenvalue weighted by Crippen LogP contribution is -2.08. The molecule has 1 heterocycles. The summed E-state index contributed by atoms with van der Waals surface area (Å²) in [7, 11) is 0. The van der Waals surface area contributed by atoms with Gasteiger partial charge in [-0.1, -0.05) is 26.0 Å². The lowest BCUT2D eigenvalue weighted by Gasteiger charge is -2.19. The molecule has 0 aliphatic carbocycles. The predicted octanol–water partition coefficient (Wildman–Crippen LogP) is 4.73. The van der Waals surface area contributed by atoms with Gasteiger partial charge in [-0.05, 0) is 48.8 Å². The molecule has 0 spiro atoms. The van der Waals surface area contributed by atoms with Gasteiger partial charge in [0.05, 0.1) is 12.0 Å². The summed E-state index contributed by atoms with van der Waals surface area (Å²) in [5.74, 6) is 1.77. The van der Waals surface area contributed by atoms with Crippen molar-refractivity contribution >= 4 is 11.6 Å². The van der Waals surface area contributed by atoms with Gasteiger partial charge in [-0.15, -0.1) is 11.6 Å². The second-order valence-corrected chi connectivity index (χ2v) is 5.78. The maximum atomic E-state index is 6.45. The zero-order chi connectivity index (χ0) is 12.3. The van der Waals surface area contributed by atoms with E-state index < -0.39 is 0 Å². The minimum Gasteiger partial charge on any atom is -0.493 e. The van der Waals surface area contributed by atoms with E-state index in [4.69, 9.17) is 16.3 Å². The van der Waals surface area contributed by atoms with Gasteiger partial charge in [-0.2, -0.15) is 0 Å². The van der Waals surface area contributed by atoms with E-state index in [1.54, 1.807) is 0 Å². The van der Waals surface area contributed by atoms with E-state index in [2.05, 4.69) is 32.0 Å². The number of halogens is 1. The third kappa shape index (κ3) is 3.38. The van der Waals surface area contributed by atoms with Crippen molar-refractivity contribution in [3.8, 4) is 5.75 Å². The number of aryl methyl sites for hydroxylation is 1. The van der Waals surface area contributed by atoms with Gasteiger partial charge in [0.2, 0.25) is 0 Å². The van der Waals surface area contributed by atoms with Gasteiger partial charge in [0, 0.05) is 0 Å². The Morgan fingerprint density at radius 2 is 2.12 bits per heavy atom. The Labute approximate surface area is 109 Å². The molecule has 1 aromatic rings. The van der Waals surface area contributed by atoms with Crippen LogP contribution in [0.3, 0.4) is 0 Å². The molecule has 1 aliphatic rings. The Hall–Kier alpha value is -0.690. The van der Waals surface area contributed by atoms with Crippen LogP contribution < -0.4 is 4.74 Å². The van der Waals surface area contributed by atoms with Crippen molar-refractivity contribution in [1.82, 2.24) is 0 Å². The molecule has 0 saturated carbocycles. The van der Waals surface area contributed by atoms with Gasteiger partial charge in [-0.25, -0.2) is 0 Å². The molecule has 1 aromatic carbocycles. The maximum Gasteiger partial charge on any atom is 0.122 e. The van der Waals surface area contributed by atoms with Crippen LogP contribution in [0.4, 0.5) is 0 Å². The molecule has 0 bridgehead atoms. The first-order chi connectivity index (χ1) is 8.16. The number of hydrogen-bond acceptors (Lipinski definition) is 1. The molecule has 0 saturated heterocycles. The van der Waals surface area contributed by atoms with E-state index in [9.17, 15) is 0 Å². The molecule has 1 nitrogen and oxygen atoms in total. The summed E-state index contributed by atoms with van der Waals surface area (Å²) in [6.45, 7) is 5.33. The molecule has 0 fully saturated rings. The van der Waals surface area contributed by atoms with Crippen molar-refractivity contribution in [1.29, 1.82) is 0 Å². The lowest BCUT2D eigenvalue weighted by atomic mass is 9.98. The van der Waals surface area contributed by atoms with Gasteiger partial charge in [0.15, 0.2) is 0 Å². The van der Waals surface area contributed by atoms with Crippen LogP contribution in [0, 0.1) is 5.92 Å². The predicted molar refractivity (Wildman–Crippen MR) is 72.9 cm³/mol. The topological polar surface area (TPSA) is 9.23 Å². The van der Waals surface area contributed by atoms with Gasteiger partial charge in [0.25, 0.3) is 0 Å². The highest BCUT2D eigenvalue weighted by molar-refractivity contribution is 6.20. The molecular weight excluding hydrogens is 232 g/mol. The summed E-state index contributed by atoms with van der Waals surface area (Å²) in [4.78, 5) is 0. The molecule has 1 aliphatic heterocycles. The third-order valence-electron chi connectivity index (χ3n) is 3.29. The molecule has 17 heavy (non-hydrogen) atoms. The standard InChI is InChI=1S/C15H21ClO/c1-11(2)5-7-14(16)12-6-8-15-13(10-12)4-3-9-17-15/h6,8,10-11,14H,3-5,7,9H2,1-2H3. The van der Waals surface area contributed by atoms with Crippen LogP contribution in [0.1, 0.15) is 49.6 Å². The molecule has 1 unspecified atom stereocenters. The second-order valence-electron chi connectivity index (χ2n) is 5.26. The maximum absolute atomic E-state index is 6.45. The third-order valence-corrected chi connectivity index (χ3v) is 3.76. The molecule has 0 radical (unpaired) electrons. The highest BCUT2D eigenvalue weighted by Crippen LogP contribution is 2.32. The van der Waals surface area contributed by atoms with Crippen molar-refractivity contribution in [2.24, 2.45) is 5.92 Å². The first-order valence-corrected chi connectivity index (χ1v) is 7.00. The van der Waals surface area contributed by atoms with Crippen LogP contribution in [0.25, 0.3) is 0 Å². The molecule has 0 amide bonds. The van der Waals surface area contributed by atoms with Crippen molar-refractivity contribution < 1.29 is 4.74 Å². The normalized spacial score (nSPS) is 16.5. The highest BCUT2D eigenvalue weighted by atomic mass is 35.5. The quantitative estimate of drug-likeness (QED) is 0.704. The van der Waals surface area contributed by atoms with E-state index in [1.807, 2.05) is 0 Å². The molecule has 1 atom stereocenters.